The molecule has 1 unspecified atom stereocenters. The minimum atomic E-state index is -0.215. The normalized spacial score (nSPS) is 22.9. The molecule has 3 heterocycles. The number of fused-ring (bicyclic) bond motifs is 1. The van der Waals surface area contributed by atoms with Crippen LogP contribution in [0.15, 0.2) is 24.3 Å². The van der Waals surface area contributed by atoms with E-state index < -0.39 is 0 Å². The molecule has 0 radical (unpaired) electrons. The number of H-pyrrole nitrogens is 1. The van der Waals surface area contributed by atoms with Crippen molar-refractivity contribution < 1.29 is 13.9 Å². The molecular formula is C19H23FN2O2. The van der Waals surface area contributed by atoms with Gasteiger partial charge in [0.25, 0.3) is 0 Å². The number of nitrogens with one attached hydrogen (secondary N) is 1. The van der Waals surface area contributed by atoms with Crippen LogP contribution in [0.25, 0.3) is 10.9 Å². The Morgan fingerprint density at radius 2 is 2.04 bits per heavy atom. The lowest BCUT2D eigenvalue weighted by Crippen LogP contribution is -2.43. The average Bonchev–Trinajstić information content (AvgIpc) is 3.05. The number of nitrogens with zero attached hydrogens (tertiary/aromatic N) is 1. The van der Waals surface area contributed by atoms with Gasteiger partial charge in [-0.2, -0.15) is 0 Å². The standard InChI is InChI=1S/C19H23FN2O2/c20-16-3-4-17-15(10-16)11-18(21-17)14-2-1-7-22(12-14)19(23)13-5-8-24-9-6-13/h3-4,10-11,13-14,21H,1-2,5-9,12H2. The Bertz CT molecular complexity index is 736. The number of carbonyl (C=O) groups excluding carboxylic acids is 1. The summed E-state index contributed by atoms with van der Waals surface area (Å²) in [5, 5.41) is 0.901. The lowest BCUT2D eigenvalue weighted by molar-refractivity contribution is -0.139. The zero-order valence-corrected chi connectivity index (χ0v) is 13.8. The van der Waals surface area contributed by atoms with Crippen LogP contribution in [0.1, 0.15) is 37.3 Å². The van der Waals surface area contributed by atoms with Crippen molar-refractivity contribution >= 4 is 16.8 Å². The molecule has 0 saturated carbocycles. The van der Waals surface area contributed by atoms with Gasteiger partial charge in [0.05, 0.1) is 0 Å². The highest BCUT2D eigenvalue weighted by molar-refractivity contribution is 5.81. The van der Waals surface area contributed by atoms with Gasteiger partial charge in [0.2, 0.25) is 5.91 Å². The maximum Gasteiger partial charge on any atom is 0.225 e. The lowest BCUT2D eigenvalue weighted by atomic mass is 9.92. The highest BCUT2D eigenvalue weighted by Gasteiger charge is 2.31. The molecule has 1 amide bonds. The van der Waals surface area contributed by atoms with Crippen molar-refractivity contribution in [3.63, 3.8) is 0 Å². The molecule has 4 nitrogen and oxygen atoms in total. The first-order valence-corrected chi connectivity index (χ1v) is 8.85. The van der Waals surface area contributed by atoms with Crippen LogP contribution in [0.3, 0.4) is 0 Å². The van der Waals surface area contributed by atoms with Crippen LogP contribution in [-0.2, 0) is 9.53 Å². The molecule has 1 atom stereocenters. The summed E-state index contributed by atoms with van der Waals surface area (Å²) in [6.07, 6.45) is 3.76. The van der Waals surface area contributed by atoms with Crippen LogP contribution in [-0.4, -0.2) is 42.1 Å². The van der Waals surface area contributed by atoms with Crippen LogP contribution in [0, 0.1) is 11.7 Å². The van der Waals surface area contributed by atoms with Gasteiger partial charge in [0.1, 0.15) is 5.82 Å². The third-order valence-corrected chi connectivity index (χ3v) is 5.35. The number of benzene rings is 1. The Hall–Kier alpha value is -1.88. The SMILES string of the molecule is O=C(C1CCOCC1)N1CCCC(c2cc3cc(F)ccc3[nH]2)C1. The summed E-state index contributed by atoms with van der Waals surface area (Å²) in [5.41, 5.74) is 2.07. The second-order valence-electron chi connectivity index (χ2n) is 6.97. The number of aromatic nitrogens is 1. The summed E-state index contributed by atoms with van der Waals surface area (Å²) in [7, 11) is 0. The zero-order chi connectivity index (χ0) is 16.5. The smallest absolute Gasteiger partial charge is 0.225 e. The fourth-order valence-corrected chi connectivity index (χ4v) is 3.98. The number of likely N-dealkylation sites (tertiary alicyclic amines) is 1. The third-order valence-electron chi connectivity index (χ3n) is 5.35. The number of amides is 1. The van der Waals surface area contributed by atoms with Crippen molar-refractivity contribution in [2.75, 3.05) is 26.3 Å². The maximum atomic E-state index is 13.4. The zero-order valence-electron chi connectivity index (χ0n) is 13.8. The van der Waals surface area contributed by atoms with Crippen LogP contribution in [0.5, 0.6) is 0 Å². The monoisotopic (exact) mass is 330 g/mol. The number of hydrogen-bond donors (Lipinski definition) is 1. The topological polar surface area (TPSA) is 45.3 Å². The van der Waals surface area contributed by atoms with Crippen LogP contribution in [0.2, 0.25) is 0 Å². The van der Waals surface area contributed by atoms with E-state index in [1.54, 1.807) is 12.1 Å². The van der Waals surface area contributed by atoms with Gasteiger partial charge in [0, 0.05) is 54.7 Å². The van der Waals surface area contributed by atoms with Crippen molar-refractivity contribution in [1.29, 1.82) is 0 Å². The molecule has 2 aliphatic rings. The molecule has 2 fully saturated rings. The number of aromatic amines is 1. The van der Waals surface area contributed by atoms with Gasteiger partial charge in [0.15, 0.2) is 0 Å². The molecule has 1 N–H and O–H groups in total. The number of hydrogen-bond acceptors (Lipinski definition) is 2. The van der Waals surface area contributed by atoms with Crippen molar-refractivity contribution in [3.8, 4) is 0 Å². The molecule has 2 saturated heterocycles. The summed E-state index contributed by atoms with van der Waals surface area (Å²) < 4.78 is 18.7. The molecule has 2 aliphatic heterocycles. The molecule has 5 heteroatoms. The molecule has 0 aliphatic carbocycles. The van der Waals surface area contributed by atoms with Gasteiger partial charge >= 0.3 is 0 Å². The number of piperidine rings is 1. The van der Waals surface area contributed by atoms with Crippen LogP contribution < -0.4 is 0 Å². The molecule has 0 spiro atoms. The molecule has 128 valence electrons. The van der Waals surface area contributed by atoms with Gasteiger partial charge in [-0.15, -0.1) is 0 Å². The largest absolute Gasteiger partial charge is 0.381 e. The predicted octanol–water partition coefficient (Wildman–Crippen LogP) is 3.44. The quantitative estimate of drug-likeness (QED) is 0.917. The van der Waals surface area contributed by atoms with Crippen molar-refractivity contribution in [2.45, 2.75) is 31.6 Å². The van der Waals surface area contributed by atoms with Crippen LogP contribution >= 0.6 is 0 Å². The minimum absolute atomic E-state index is 0.120. The van der Waals surface area contributed by atoms with Crippen molar-refractivity contribution in [2.24, 2.45) is 5.92 Å². The van der Waals surface area contributed by atoms with Gasteiger partial charge < -0.3 is 14.6 Å². The molecule has 4 rings (SSSR count). The van der Waals surface area contributed by atoms with E-state index in [-0.39, 0.29) is 17.6 Å². The molecule has 1 aromatic carbocycles. The van der Waals surface area contributed by atoms with Gasteiger partial charge in [-0.05, 0) is 49.9 Å². The number of ether oxygens (including phenoxy) is 1. The predicted molar refractivity (Wildman–Crippen MR) is 90.4 cm³/mol. The van der Waals surface area contributed by atoms with Crippen molar-refractivity contribution in [3.05, 3.63) is 35.8 Å². The highest BCUT2D eigenvalue weighted by atomic mass is 19.1. The van der Waals surface area contributed by atoms with E-state index in [1.165, 1.54) is 6.07 Å². The van der Waals surface area contributed by atoms with E-state index in [9.17, 15) is 9.18 Å². The molecular weight excluding hydrogens is 307 g/mol. The van der Waals surface area contributed by atoms with E-state index in [2.05, 4.69) is 4.98 Å². The summed E-state index contributed by atoms with van der Waals surface area (Å²) in [5.74, 6) is 0.491. The number of rotatable bonds is 2. The summed E-state index contributed by atoms with van der Waals surface area (Å²) in [6.45, 7) is 3.00. The molecule has 24 heavy (non-hydrogen) atoms. The first-order valence-electron chi connectivity index (χ1n) is 8.85. The third kappa shape index (κ3) is 3.05. The number of halogens is 1. The summed E-state index contributed by atoms with van der Waals surface area (Å²) >= 11 is 0. The lowest BCUT2D eigenvalue weighted by Gasteiger charge is -2.35. The first-order chi connectivity index (χ1) is 11.7. The van der Waals surface area contributed by atoms with Crippen molar-refractivity contribution in [1.82, 2.24) is 9.88 Å². The fourth-order valence-electron chi connectivity index (χ4n) is 3.98. The Morgan fingerprint density at radius 1 is 1.21 bits per heavy atom. The van der Waals surface area contributed by atoms with Gasteiger partial charge in [-0.1, -0.05) is 0 Å². The Balaban J connectivity index is 1.50. The Morgan fingerprint density at radius 3 is 2.88 bits per heavy atom. The second-order valence-corrected chi connectivity index (χ2v) is 6.97. The van der Waals surface area contributed by atoms with Gasteiger partial charge in [-0.25, -0.2) is 4.39 Å². The van der Waals surface area contributed by atoms with Gasteiger partial charge in [-0.3, -0.25) is 4.79 Å². The minimum Gasteiger partial charge on any atom is -0.381 e. The Kier molecular flexibility index (Phi) is 4.27. The molecule has 1 aromatic heterocycles. The average molecular weight is 330 g/mol. The van der Waals surface area contributed by atoms with E-state index in [0.717, 1.165) is 55.4 Å². The van der Waals surface area contributed by atoms with E-state index in [4.69, 9.17) is 4.74 Å². The second kappa shape index (κ2) is 6.55. The molecule has 2 aromatic rings. The summed E-state index contributed by atoms with van der Waals surface area (Å²) in [4.78, 5) is 18.2. The van der Waals surface area contributed by atoms with E-state index in [1.807, 2.05) is 11.0 Å². The Labute approximate surface area is 141 Å². The first kappa shape index (κ1) is 15.6. The summed E-state index contributed by atoms with van der Waals surface area (Å²) in [6, 6.07) is 6.85. The van der Waals surface area contributed by atoms with Crippen LogP contribution in [0.4, 0.5) is 4.39 Å². The molecule has 0 bridgehead atoms. The maximum absolute atomic E-state index is 13.4. The highest BCUT2D eigenvalue weighted by Crippen LogP contribution is 2.30. The number of carbonyl (C=O) groups is 1. The van der Waals surface area contributed by atoms with E-state index >= 15 is 0 Å². The fraction of sp³-hybridized carbons (Fsp3) is 0.526. The van der Waals surface area contributed by atoms with E-state index in [0.29, 0.717) is 19.1 Å².